The summed E-state index contributed by atoms with van der Waals surface area (Å²) in [4.78, 5) is 12.8. The van der Waals surface area contributed by atoms with Gasteiger partial charge in [0, 0.05) is 67.0 Å². The fourth-order valence-corrected chi connectivity index (χ4v) is 4.55. The first-order valence-electron chi connectivity index (χ1n) is 12.0. The quantitative estimate of drug-likeness (QED) is 0.307. The number of fused-ring (bicyclic) bond motifs is 2. The Balaban J connectivity index is 1.28. The van der Waals surface area contributed by atoms with Crippen LogP contribution in [0, 0.1) is 13.8 Å². The third-order valence-electron chi connectivity index (χ3n) is 6.81. The van der Waals surface area contributed by atoms with Crippen LogP contribution in [0.2, 0.25) is 0 Å². The minimum atomic E-state index is 0.595. The fourth-order valence-electron chi connectivity index (χ4n) is 4.55. The first kappa shape index (κ1) is 22.5. The molecule has 34 heavy (non-hydrogen) atoms. The Labute approximate surface area is 200 Å². The van der Waals surface area contributed by atoms with Crippen LogP contribution in [-0.2, 0) is 0 Å². The molecule has 0 aliphatic carbocycles. The van der Waals surface area contributed by atoms with Crippen molar-refractivity contribution in [2.24, 2.45) is 0 Å². The third-order valence-corrected chi connectivity index (χ3v) is 6.81. The molecule has 1 aliphatic rings. The molecule has 7 heteroatoms. The number of nitrogens with two attached hydrogens (primary N) is 1. The van der Waals surface area contributed by atoms with Crippen molar-refractivity contribution < 1.29 is 9.47 Å². The van der Waals surface area contributed by atoms with Crippen LogP contribution in [-0.4, -0.2) is 66.1 Å². The second kappa shape index (κ2) is 9.52. The van der Waals surface area contributed by atoms with Crippen LogP contribution in [0.15, 0.2) is 42.6 Å². The van der Waals surface area contributed by atoms with E-state index in [0.29, 0.717) is 18.0 Å². The maximum Gasteiger partial charge on any atom is 0.144 e. The summed E-state index contributed by atoms with van der Waals surface area (Å²) in [6, 6.07) is 11.8. The SMILES string of the molecule is Cc1[nH]c2ccc(Oc3ccnc4cc(OCCCN5CCN(C)CC5)c(N)cc34)cc2c1C. The number of hydrogen-bond acceptors (Lipinski definition) is 6. The number of nitrogens with one attached hydrogen (secondary N) is 1. The number of rotatable bonds is 7. The highest BCUT2D eigenvalue weighted by atomic mass is 16.5. The summed E-state index contributed by atoms with van der Waals surface area (Å²) in [6.45, 7) is 10.4. The molecule has 4 aromatic rings. The Bertz CT molecular complexity index is 1310. The molecule has 2 aromatic carbocycles. The van der Waals surface area contributed by atoms with E-state index in [1.165, 1.54) is 16.6 Å². The van der Waals surface area contributed by atoms with Gasteiger partial charge in [0.15, 0.2) is 0 Å². The van der Waals surface area contributed by atoms with E-state index >= 15 is 0 Å². The lowest BCUT2D eigenvalue weighted by molar-refractivity contribution is 0.145. The van der Waals surface area contributed by atoms with Gasteiger partial charge in [0.2, 0.25) is 0 Å². The molecule has 1 saturated heterocycles. The number of aromatic nitrogens is 2. The lowest BCUT2D eigenvalue weighted by Crippen LogP contribution is -2.44. The Hall–Kier alpha value is -3.29. The highest BCUT2D eigenvalue weighted by Crippen LogP contribution is 2.35. The first-order chi connectivity index (χ1) is 16.5. The lowest BCUT2D eigenvalue weighted by Gasteiger charge is -2.32. The average Bonchev–Trinajstić information content (AvgIpc) is 3.11. The van der Waals surface area contributed by atoms with Gasteiger partial charge in [-0.25, -0.2) is 0 Å². The molecule has 0 radical (unpaired) electrons. The summed E-state index contributed by atoms with van der Waals surface area (Å²) >= 11 is 0. The van der Waals surface area contributed by atoms with E-state index in [-0.39, 0.29) is 0 Å². The molecule has 7 nitrogen and oxygen atoms in total. The number of aromatic amines is 1. The van der Waals surface area contributed by atoms with Crippen LogP contribution in [0.25, 0.3) is 21.8 Å². The minimum absolute atomic E-state index is 0.595. The van der Waals surface area contributed by atoms with E-state index in [0.717, 1.165) is 67.1 Å². The highest BCUT2D eigenvalue weighted by molar-refractivity contribution is 5.90. The van der Waals surface area contributed by atoms with Crippen LogP contribution < -0.4 is 15.2 Å². The molecule has 0 saturated carbocycles. The fraction of sp³-hybridized carbons (Fsp3) is 0.370. The predicted molar refractivity (Wildman–Crippen MR) is 138 cm³/mol. The van der Waals surface area contributed by atoms with Gasteiger partial charge in [-0.15, -0.1) is 0 Å². The molecule has 0 bridgehead atoms. The molecule has 2 aromatic heterocycles. The molecule has 1 aliphatic heterocycles. The van der Waals surface area contributed by atoms with Crippen molar-refractivity contribution in [1.82, 2.24) is 19.8 Å². The van der Waals surface area contributed by atoms with Crippen molar-refractivity contribution in [3.8, 4) is 17.2 Å². The second-order valence-electron chi connectivity index (χ2n) is 9.25. The summed E-state index contributed by atoms with van der Waals surface area (Å²) in [5, 5.41) is 2.03. The van der Waals surface area contributed by atoms with Crippen LogP contribution in [0.4, 0.5) is 5.69 Å². The third kappa shape index (κ3) is 4.67. The van der Waals surface area contributed by atoms with Crippen molar-refractivity contribution in [3.05, 3.63) is 53.9 Å². The van der Waals surface area contributed by atoms with Gasteiger partial charge < -0.3 is 30.0 Å². The number of likely N-dealkylation sites (N-methyl/N-ethyl adjacent to an activating group) is 1. The smallest absolute Gasteiger partial charge is 0.144 e. The van der Waals surface area contributed by atoms with Crippen LogP contribution in [0.1, 0.15) is 17.7 Å². The van der Waals surface area contributed by atoms with Gasteiger partial charge in [0.25, 0.3) is 0 Å². The first-order valence-corrected chi connectivity index (χ1v) is 12.0. The zero-order chi connectivity index (χ0) is 23.7. The lowest BCUT2D eigenvalue weighted by atomic mass is 10.1. The Morgan fingerprint density at radius 2 is 1.82 bits per heavy atom. The van der Waals surface area contributed by atoms with Gasteiger partial charge in [-0.2, -0.15) is 0 Å². The number of pyridine rings is 1. The number of nitrogens with zero attached hydrogens (tertiary/aromatic N) is 3. The maximum atomic E-state index is 6.36. The zero-order valence-electron chi connectivity index (χ0n) is 20.2. The standard InChI is InChI=1S/C27H33N5O2/c1-18-19(2)30-24-6-5-20(15-21(18)24)34-26-7-8-29-25-17-27(23(28)16-22(25)26)33-14-4-9-32-12-10-31(3)11-13-32/h5-8,15-17,30H,4,9-14,28H2,1-3H3. The number of piperazine rings is 1. The summed E-state index contributed by atoms with van der Waals surface area (Å²) in [5.74, 6) is 2.18. The molecular weight excluding hydrogens is 426 g/mol. The average molecular weight is 460 g/mol. The topological polar surface area (TPSA) is 79.6 Å². The predicted octanol–water partition coefficient (Wildman–Crippen LogP) is 4.72. The second-order valence-corrected chi connectivity index (χ2v) is 9.25. The summed E-state index contributed by atoms with van der Waals surface area (Å²) in [5.41, 5.74) is 11.3. The van der Waals surface area contributed by atoms with E-state index < -0.39 is 0 Å². The van der Waals surface area contributed by atoms with Crippen LogP contribution in [0.3, 0.4) is 0 Å². The highest BCUT2D eigenvalue weighted by Gasteiger charge is 2.14. The molecule has 0 amide bonds. The molecule has 1 fully saturated rings. The van der Waals surface area contributed by atoms with Gasteiger partial charge in [-0.1, -0.05) is 0 Å². The minimum Gasteiger partial charge on any atom is -0.491 e. The molecule has 3 heterocycles. The van der Waals surface area contributed by atoms with Crippen LogP contribution >= 0.6 is 0 Å². The van der Waals surface area contributed by atoms with E-state index in [1.54, 1.807) is 6.20 Å². The van der Waals surface area contributed by atoms with Crippen molar-refractivity contribution in [1.29, 1.82) is 0 Å². The van der Waals surface area contributed by atoms with E-state index in [4.69, 9.17) is 15.2 Å². The largest absolute Gasteiger partial charge is 0.491 e. The van der Waals surface area contributed by atoms with Gasteiger partial charge >= 0.3 is 0 Å². The molecule has 0 spiro atoms. The van der Waals surface area contributed by atoms with Crippen molar-refractivity contribution >= 4 is 27.5 Å². The molecule has 3 N–H and O–H groups in total. The van der Waals surface area contributed by atoms with Crippen molar-refractivity contribution in [3.63, 3.8) is 0 Å². The number of H-pyrrole nitrogens is 1. The van der Waals surface area contributed by atoms with Crippen molar-refractivity contribution in [2.75, 3.05) is 52.1 Å². The maximum absolute atomic E-state index is 6.36. The summed E-state index contributed by atoms with van der Waals surface area (Å²) in [6.07, 6.45) is 2.73. The monoisotopic (exact) mass is 459 g/mol. The van der Waals surface area contributed by atoms with Gasteiger partial charge in [0.05, 0.1) is 17.8 Å². The van der Waals surface area contributed by atoms with Crippen LogP contribution in [0.5, 0.6) is 17.2 Å². The van der Waals surface area contributed by atoms with Gasteiger partial charge in [-0.05, 0) is 63.2 Å². The Morgan fingerprint density at radius 3 is 2.65 bits per heavy atom. The number of benzene rings is 2. The zero-order valence-corrected chi connectivity index (χ0v) is 20.2. The van der Waals surface area contributed by atoms with Gasteiger partial charge in [0.1, 0.15) is 17.2 Å². The molecule has 178 valence electrons. The number of anilines is 1. The molecule has 0 unspecified atom stereocenters. The molecule has 0 atom stereocenters. The summed E-state index contributed by atoms with van der Waals surface area (Å²) in [7, 11) is 2.18. The Kier molecular flexibility index (Phi) is 6.30. The number of hydrogen-bond donors (Lipinski definition) is 2. The van der Waals surface area contributed by atoms with E-state index in [9.17, 15) is 0 Å². The van der Waals surface area contributed by atoms with E-state index in [2.05, 4.69) is 52.8 Å². The van der Waals surface area contributed by atoms with E-state index in [1.807, 2.05) is 24.3 Å². The number of nitrogen functional groups attached to an aromatic ring is 1. The van der Waals surface area contributed by atoms with Gasteiger partial charge in [-0.3, -0.25) is 4.98 Å². The Morgan fingerprint density at radius 1 is 1.00 bits per heavy atom. The van der Waals surface area contributed by atoms with Crippen molar-refractivity contribution in [2.45, 2.75) is 20.3 Å². The molecular formula is C27H33N5O2. The number of aryl methyl sites for hydroxylation is 2. The molecule has 5 rings (SSSR count). The normalized spacial score (nSPS) is 15.3. The summed E-state index contributed by atoms with van der Waals surface area (Å²) < 4.78 is 12.3. The number of ether oxygens (including phenoxy) is 2.